The molecule has 2 nitrogen and oxygen atoms in total. The van der Waals surface area contributed by atoms with Crippen LogP contribution in [0.25, 0.3) is 0 Å². The molecule has 0 spiro atoms. The monoisotopic (exact) mass is 244 g/mol. The Morgan fingerprint density at radius 3 is 2.89 bits per heavy atom. The average molecular weight is 244 g/mol. The van der Waals surface area contributed by atoms with Gasteiger partial charge in [-0.15, -0.1) is 0 Å². The summed E-state index contributed by atoms with van der Waals surface area (Å²) in [5.41, 5.74) is 4.37. The van der Waals surface area contributed by atoms with E-state index in [0.29, 0.717) is 0 Å². The molecule has 0 bridgehead atoms. The van der Waals surface area contributed by atoms with E-state index in [4.69, 9.17) is 0 Å². The fraction of sp³-hybridized carbons (Fsp3) is 0.625. The number of fused-ring (bicyclic) bond motifs is 1. The second-order valence-electron chi connectivity index (χ2n) is 5.68. The molecule has 2 heterocycles. The highest BCUT2D eigenvalue weighted by atomic mass is 15.2. The number of rotatable bonds is 2. The van der Waals surface area contributed by atoms with Crippen molar-refractivity contribution < 1.29 is 0 Å². The van der Waals surface area contributed by atoms with Crippen molar-refractivity contribution in [1.82, 2.24) is 0 Å². The van der Waals surface area contributed by atoms with E-state index in [1.807, 2.05) is 0 Å². The first kappa shape index (κ1) is 11.9. The highest BCUT2D eigenvalue weighted by Gasteiger charge is 2.21. The van der Waals surface area contributed by atoms with Crippen LogP contribution in [-0.4, -0.2) is 19.6 Å². The summed E-state index contributed by atoms with van der Waals surface area (Å²) >= 11 is 0. The second kappa shape index (κ2) is 5.21. The van der Waals surface area contributed by atoms with Crippen LogP contribution in [0.4, 0.5) is 11.4 Å². The van der Waals surface area contributed by atoms with Gasteiger partial charge in [-0.3, -0.25) is 0 Å². The van der Waals surface area contributed by atoms with Crippen LogP contribution in [0.2, 0.25) is 0 Å². The number of nitrogens with zero attached hydrogens (tertiary/aromatic N) is 1. The van der Waals surface area contributed by atoms with Crippen molar-refractivity contribution >= 4 is 11.4 Å². The quantitative estimate of drug-likeness (QED) is 0.854. The lowest BCUT2D eigenvalue weighted by Crippen LogP contribution is -2.34. The first-order valence-corrected chi connectivity index (χ1v) is 7.49. The first-order chi connectivity index (χ1) is 8.88. The summed E-state index contributed by atoms with van der Waals surface area (Å²) < 4.78 is 0. The minimum Gasteiger partial charge on any atom is -0.383 e. The molecule has 0 aromatic heterocycles. The number of nitrogens with one attached hydrogen (secondary N) is 1. The molecule has 3 rings (SSSR count). The molecule has 2 aliphatic rings. The Morgan fingerprint density at radius 1 is 1.28 bits per heavy atom. The van der Waals surface area contributed by atoms with Gasteiger partial charge in [-0.1, -0.05) is 25.5 Å². The van der Waals surface area contributed by atoms with Crippen molar-refractivity contribution in [3.63, 3.8) is 0 Å². The third kappa shape index (κ3) is 2.21. The van der Waals surface area contributed by atoms with Gasteiger partial charge in [0.1, 0.15) is 0 Å². The van der Waals surface area contributed by atoms with Crippen LogP contribution in [0.1, 0.15) is 38.2 Å². The standard InChI is InChI=1S/C16H24N2/c1-2-13-8-11-18(12-9-13)15-7-3-5-14-6-4-10-17-16(14)15/h3,5,7,13,17H,2,4,6,8-12H2,1H3. The van der Waals surface area contributed by atoms with Gasteiger partial charge in [-0.05, 0) is 43.2 Å². The van der Waals surface area contributed by atoms with Gasteiger partial charge < -0.3 is 10.2 Å². The van der Waals surface area contributed by atoms with Crippen molar-refractivity contribution in [1.29, 1.82) is 0 Å². The molecular formula is C16H24N2. The molecule has 2 heteroatoms. The Bertz CT molecular complexity index is 406. The largest absolute Gasteiger partial charge is 0.383 e. The molecule has 0 radical (unpaired) electrons. The summed E-state index contributed by atoms with van der Waals surface area (Å²) in [5.74, 6) is 0.953. The molecule has 0 saturated carbocycles. The van der Waals surface area contributed by atoms with E-state index < -0.39 is 0 Å². The van der Waals surface area contributed by atoms with Crippen molar-refractivity contribution in [2.75, 3.05) is 29.9 Å². The third-order valence-electron chi connectivity index (χ3n) is 4.59. The summed E-state index contributed by atoms with van der Waals surface area (Å²) in [6.45, 7) is 5.93. The highest BCUT2D eigenvalue weighted by molar-refractivity contribution is 5.74. The Morgan fingerprint density at radius 2 is 2.11 bits per heavy atom. The zero-order valence-corrected chi connectivity index (χ0v) is 11.4. The molecule has 0 amide bonds. The summed E-state index contributed by atoms with van der Waals surface area (Å²) in [7, 11) is 0. The Labute approximate surface area is 110 Å². The van der Waals surface area contributed by atoms with Gasteiger partial charge in [-0.2, -0.15) is 0 Å². The molecule has 2 aliphatic heterocycles. The van der Waals surface area contributed by atoms with Gasteiger partial charge in [0.2, 0.25) is 0 Å². The van der Waals surface area contributed by atoms with Gasteiger partial charge >= 0.3 is 0 Å². The molecule has 1 saturated heterocycles. The number of aryl methyl sites for hydroxylation is 1. The van der Waals surface area contributed by atoms with Gasteiger partial charge in [0, 0.05) is 19.6 Å². The van der Waals surface area contributed by atoms with Crippen molar-refractivity contribution in [3.05, 3.63) is 23.8 Å². The molecule has 0 aliphatic carbocycles. The lowest BCUT2D eigenvalue weighted by molar-refractivity contribution is 0.395. The summed E-state index contributed by atoms with van der Waals surface area (Å²) in [5, 5.41) is 3.61. The minimum absolute atomic E-state index is 0.953. The molecule has 98 valence electrons. The molecule has 1 aromatic carbocycles. The highest BCUT2D eigenvalue weighted by Crippen LogP contribution is 2.35. The fourth-order valence-electron chi connectivity index (χ4n) is 3.34. The SMILES string of the molecule is CCC1CCN(c2cccc3c2NCCC3)CC1. The minimum atomic E-state index is 0.953. The maximum atomic E-state index is 3.61. The average Bonchev–Trinajstić information content (AvgIpc) is 2.47. The lowest BCUT2D eigenvalue weighted by Gasteiger charge is -2.35. The smallest absolute Gasteiger partial charge is 0.0610 e. The number of hydrogen-bond donors (Lipinski definition) is 1. The van der Waals surface area contributed by atoms with E-state index in [1.54, 1.807) is 0 Å². The number of hydrogen-bond acceptors (Lipinski definition) is 2. The number of benzene rings is 1. The molecule has 1 fully saturated rings. The molecule has 18 heavy (non-hydrogen) atoms. The zero-order valence-electron chi connectivity index (χ0n) is 11.4. The van der Waals surface area contributed by atoms with Crippen molar-refractivity contribution in [2.24, 2.45) is 5.92 Å². The molecular weight excluding hydrogens is 220 g/mol. The van der Waals surface area contributed by atoms with E-state index in [1.165, 1.54) is 62.1 Å². The second-order valence-corrected chi connectivity index (χ2v) is 5.68. The first-order valence-electron chi connectivity index (χ1n) is 7.49. The normalized spacial score (nSPS) is 20.4. The van der Waals surface area contributed by atoms with Crippen molar-refractivity contribution in [2.45, 2.75) is 39.0 Å². The van der Waals surface area contributed by atoms with Crippen LogP contribution >= 0.6 is 0 Å². The van der Waals surface area contributed by atoms with Gasteiger partial charge in [0.25, 0.3) is 0 Å². The zero-order chi connectivity index (χ0) is 12.4. The summed E-state index contributed by atoms with van der Waals surface area (Å²) in [4.78, 5) is 2.59. The van der Waals surface area contributed by atoms with E-state index in [-0.39, 0.29) is 0 Å². The Balaban J connectivity index is 1.80. The topological polar surface area (TPSA) is 15.3 Å². The molecule has 1 N–H and O–H groups in total. The molecule has 0 unspecified atom stereocenters. The van der Waals surface area contributed by atoms with E-state index >= 15 is 0 Å². The van der Waals surface area contributed by atoms with E-state index in [0.717, 1.165) is 12.5 Å². The van der Waals surface area contributed by atoms with E-state index in [2.05, 4.69) is 35.3 Å². The van der Waals surface area contributed by atoms with Crippen LogP contribution < -0.4 is 10.2 Å². The predicted molar refractivity (Wildman–Crippen MR) is 78.5 cm³/mol. The Kier molecular flexibility index (Phi) is 3.44. The molecule has 0 atom stereocenters. The Hall–Kier alpha value is -1.18. The van der Waals surface area contributed by atoms with Crippen LogP contribution in [-0.2, 0) is 6.42 Å². The van der Waals surface area contributed by atoms with Crippen LogP contribution in [0.15, 0.2) is 18.2 Å². The third-order valence-corrected chi connectivity index (χ3v) is 4.59. The number of anilines is 2. The summed E-state index contributed by atoms with van der Waals surface area (Å²) in [6, 6.07) is 6.81. The van der Waals surface area contributed by atoms with Crippen molar-refractivity contribution in [3.8, 4) is 0 Å². The van der Waals surface area contributed by atoms with Gasteiger partial charge in [0.15, 0.2) is 0 Å². The van der Waals surface area contributed by atoms with E-state index in [9.17, 15) is 0 Å². The van der Waals surface area contributed by atoms with Gasteiger partial charge in [-0.25, -0.2) is 0 Å². The maximum absolute atomic E-state index is 3.61. The predicted octanol–water partition coefficient (Wildman–Crippen LogP) is 3.67. The number of para-hydroxylation sites is 1. The maximum Gasteiger partial charge on any atom is 0.0610 e. The fourth-order valence-corrected chi connectivity index (χ4v) is 3.34. The van der Waals surface area contributed by atoms with Crippen LogP contribution in [0.3, 0.4) is 0 Å². The van der Waals surface area contributed by atoms with Gasteiger partial charge in [0.05, 0.1) is 11.4 Å². The number of piperidine rings is 1. The molecule has 1 aromatic rings. The van der Waals surface area contributed by atoms with Crippen LogP contribution in [0, 0.1) is 5.92 Å². The lowest BCUT2D eigenvalue weighted by atomic mass is 9.93. The summed E-state index contributed by atoms with van der Waals surface area (Å²) in [6.07, 6.45) is 6.58. The van der Waals surface area contributed by atoms with Crippen LogP contribution in [0.5, 0.6) is 0 Å².